The van der Waals surface area contributed by atoms with Crippen LogP contribution in [0.3, 0.4) is 0 Å². The summed E-state index contributed by atoms with van der Waals surface area (Å²) in [7, 11) is 0. The number of hydrogen-bond acceptors (Lipinski definition) is 3. The molecular formula is C20H22N6. The van der Waals surface area contributed by atoms with Gasteiger partial charge in [-0.1, -0.05) is 12.1 Å². The highest BCUT2D eigenvalue weighted by Gasteiger charge is 2.13. The fourth-order valence-electron chi connectivity index (χ4n) is 3.34. The van der Waals surface area contributed by atoms with Crippen LogP contribution in [-0.4, -0.2) is 20.7 Å². The Balaban J connectivity index is 1.47. The number of anilines is 1. The molecule has 2 heterocycles. The largest absolute Gasteiger partial charge is 0.370 e. The maximum atomic E-state index is 6.13. The second kappa shape index (κ2) is 7.39. The van der Waals surface area contributed by atoms with E-state index < -0.39 is 0 Å². The smallest absolute Gasteiger partial charge is 0.193 e. The number of rotatable bonds is 4. The SMILES string of the molecule is NC(=NCc1ccnc(-n2cccn2)c1)Nc1cccc2c1CCCC2. The molecule has 1 aromatic carbocycles. The Kier molecular flexibility index (Phi) is 4.64. The molecule has 0 fully saturated rings. The van der Waals surface area contributed by atoms with Crippen molar-refractivity contribution < 1.29 is 0 Å². The quantitative estimate of drug-likeness (QED) is 0.562. The molecule has 0 saturated carbocycles. The van der Waals surface area contributed by atoms with Crippen molar-refractivity contribution in [2.45, 2.75) is 32.2 Å². The molecule has 0 spiro atoms. The Hall–Kier alpha value is -3.15. The molecule has 0 amide bonds. The molecule has 26 heavy (non-hydrogen) atoms. The average molecular weight is 346 g/mol. The molecule has 4 rings (SSSR count). The van der Waals surface area contributed by atoms with Crippen molar-refractivity contribution in [3.8, 4) is 5.82 Å². The van der Waals surface area contributed by atoms with E-state index in [1.165, 1.54) is 24.0 Å². The van der Waals surface area contributed by atoms with Crippen molar-refractivity contribution in [2.24, 2.45) is 10.7 Å². The van der Waals surface area contributed by atoms with Crippen molar-refractivity contribution >= 4 is 11.6 Å². The molecule has 0 unspecified atom stereocenters. The van der Waals surface area contributed by atoms with Crippen LogP contribution in [0.1, 0.15) is 29.5 Å². The predicted octanol–water partition coefficient (Wildman–Crippen LogP) is 3.07. The van der Waals surface area contributed by atoms with E-state index in [0.717, 1.165) is 29.9 Å². The summed E-state index contributed by atoms with van der Waals surface area (Å²) in [4.78, 5) is 8.82. The average Bonchev–Trinajstić information content (AvgIpc) is 3.22. The van der Waals surface area contributed by atoms with Gasteiger partial charge in [0, 0.05) is 24.3 Å². The second-order valence-corrected chi connectivity index (χ2v) is 6.45. The van der Waals surface area contributed by atoms with E-state index >= 15 is 0 Å². The standard InChI is InChI=1S/C20H22N6/c21-20(25-18-8-3-6-16-5-1-2-7-17(16)18)23-14-15-9-11-22-19(13-15)26-12-4-10-24-26/h3-4,6,8-13H,1-2,5,7,14H2,(H3,21,23,25). The monoisotopic (exact) mass is 346 g/mol. The van der Waals surface area contributed by atoms with Gasteiger partial charge in [-0.2, -0.15) is 5.10 Å². The van der Waals surface area contributed by atoms with Gasteiger partial charge in [0.1, 0.15) is 0 Å². The molecule has 0 atom stereocenters. The Bertz CT molecular complexity index is 914. The lowest BCUT2D eigenvalue weighted by molar-refractivity contribution is 0.687. The van der Waals surface area contributed by atoms with Gasteiger partial charge in [0.2, 0.25) is 0 Å². The van der Waals surface area contributed by atoms with Crippen molar-refractivity contribution in [3.05, 3.63) is 71.7 Å². The molecule has 3 N–H and O–H groups in total. The number of nitrogens with one attached hydrogen (secondary N) is 1. The van der Waals surface area contributed by atoms with Gasteiger partial charge < -0.3 is 11.1 Å². The number of aryl methyl sites for hydroxylation is 1. The summed E-state index contributed by atoms with van der Waals surface area (Å²) in [5.74, 6) is 1.20. The third kappa shape index (κ3) is 3.59. The molecule has 3 aromatic rings. The van der Waals surface area contributed by atoms with Crippen LogP contribution in [0.25, 0.3) is 5.82 Å². The fourth-order valence-corrected chi connectivity index (χ4v) is 3.34. The summed E-state index contributed by atoms with van der Waals surface area (Å²) in [6, 6.07) is 12.1. The van der Waals surface area contributed by atoms with Gasteiger partial charge in [0.15, 0.2) is 11.8 Å². The highest BCUT2D eigenvalue weighted by Crippen LogP contribution is 2.27. The van der Waals surface area contributed by atoms with Crippen LogP contribution in [0.5, 0.6) is 0 Å². The molecule has 1 aliphatic rings. The highest BCUT2D eigenvalue weighted by molar-refractivity contribution is 5.93. The maximum absolute atomic E-state index is 6.13. The van der Waals surface area contributed by atoms with Crippen LogP contribution in [0.4, 0.5) is 5.69 Å². The summed E-state index contributed by atoms with van der Waals surface area (Å²) in [6.07, 6.45) is 10.1. The van der Waals surface area contributed by atoms with Crippen molar-refractivity contribution in [1.29, 1.82) is 0 Å². The first-order valence-corrected chi connectivity index (χ1v) is 8.92. The summed E-state index contributed by atoms with van der Waals surface area (Å²) in [5.41, 5.74) is 11.0. The van der Waals surface area contributed by atoms with Crippen molar-refractivity contribution in [1.82, 2.24) is 14.8 Å². The Labute approximate surface area is 152 Å². The number of nitrogens with zero attached hydrogens (tertiary/aromatic N) is 4. The molecule has 132 valence electrons. The normalized spacial score (nSPS) is 14.1. The Morgan fingerprint density at radius 3 is 2.96 bits per heavy atom. The van der Waals surface area contributed by atoms with E-state index in [-0.39, 0.29) is 0 Å². The first-order chi connectivity index (χ1) is 12.8. The zero-order valence-corrected chi connectivity index (χ0v) is 14.6. The second-order valence-electron chi connectivity index (χ2n) is 6.45. The van der Waals surface area contributed by atoms with E-state index in [2.05, 4.69) is 38.6 Å². The Morgan fingerprint density at radius 2 is 2.08 bits per heavy atom. The third-order valence-corrected chi connectivity index (χ3v) is 4.64. The third-order valence-electron chi connectivity index (χ3n) is 4.64. The number of benzene rings is 1. The van der Waals surface area contributed by atoms with Crippen LogP contribution in [0.15, 0.2) is 60.0 Å². The summed E-state index contributed by atoms with van der Waals surface area (Å²) in [6.45, 7) is 0.491. The summed E-state index contributed by atoms with van der Waals surface area (Å²) in [5, 5.41) is 7.48. The number of aliphatic imine (C=N–C) groups is 1. The van der Waals surface area contributed by atoms with Crippen molar-refractivity contribution in [2.75, 3.05) is 5.32 Å². The minimum atomic E-state index is 0.432. The zero-order valence-electron chi connectivity index (χ0n) is 14.6. The lowest BCUT2D eigenvalue weighted by Crippen LogP contribution is -2.24. The molecule has 0 radical (unpaired) electrons. The number of nitrogens with two attached hydrogens (primary N) is 1. The van der Waals surface area contributed by atoms with E-state index in [4.69, 9.17) is 5.73 Å². The number of hydrogen-bond donors (Lipinski definition) is 2. The topological polar surface area (TPSA) is 81.1 Å². The molecule has 6 nitrogen and oxygen atoms in total. The minimum Gasteiger partial charge on any atom is -0.370 e. The van der Waals surface area contributed by atoms with E-state index in [0.29, 0.717) is 12.5 Å². The van der Waals surface area contributed by atoms with E-state index in [1.54, 1.807) is 17.1 Å². The van der Waals surface area contributed by atoms with Gasteiger partial charge in [0.25, 0.3) is 0 Å². The molecule has 0 aliphatic heterocycles. The molecule has 6 heteroatoms. The van der Waals surface area contributed by atoms with Crippen molar-refractivity contribution in [3.63, 3.8) is 0 Å². The first kappa shape index (κ1) is 16.3. The maximum Gasteiger partial charge on any atom is 0.193 e. The van der Waals surface area contributed by atoms with Crippen LogP contribution in [0.2, 0.25) is 0 Å². The van der Waals surface area contributed by atoms with E-state index in [9.17, 15) is 0 Å². The number of guanidine groups is 1. The molecule has 2 aromatic heterocycles. The number of fused-ring (bicyclic) bond motifs is 1. The van der Waals surface area contributed by atoms with Gasteiger partial charge in [-0.15, -0.1) is 0 Å². The molecule has 0 bridgehead atoms. The van der Waals surface area contributed by atoms with Gasteiger partial charge >= 0.3 is 0 Å². The van der Waals surface area contributed by atoms with Gasteiger partial charge in [-0.25, -0.2) is 14.7 Å². The Morgan fingerprint density at radius 1 is 1.15 bits per heavy atom. The fraction of sp³-hybridized carbons (Fsp3) is 0.250. The lowest BCUT2D eigenvalue weighted by Gasteiger charge is -2.19. The molecular weight excluding hydrogens is 324 g/mol. The molecule has 1 aliphatic carbocycles. The number of aromatic nitrogens is 3. The number of pyridine rings is 1. The van der Waals surface area contributed by atoms with Crippen LogP contribution < -0.4 is 11.1 Å². The zero-order chi connectivity index (χ0) is 17.8. The highest BCUT2D eigenvalue weighted by atomic mass is 15.3. The van der Waals surface area contributed by atoms with E-state index in [1.807, 2.05) is 24.4 Å². The lowest BCUT2D eigenvalue weighted by atomic mass is 9.90. The predicted molar refractivity (Wildman–Crippen MR) is 103 cm³/mol. The van der Waals surface area contributed by atoms with Crippen LogP contribution in [0, 0.1) is 0 Å². The molecule has 0 saturated heterocycles. The van der Waals surface area contributed by atoms with Crippen LogP contribution >= 0.6 is 0 Å². The summed E-state index contributed by atoms with van der Waals surface area (Å²) >= 11 is 0. The van der Waals surface area contributed by atoms with Gasteiger partial charge in [0.05, 0.1) is 6.54 Å². The first-order valence-electron chi connectivity index (χ1n) is 8.92. The minimum absolute atomic E-state index is 0.432. The summed E-state index contributed by atoms with van der Waals surface area (Å²) < 4.78 is 1.73. The van der Waals surface area contributed by atoms with Crippen LogP contribution in [-0.2, 0) is 19.4 Å². The van der Waals surface area contributed by atoms with Gasteiger partial charge in [-0.3, -0.25) is 0 Å². The van der Waals surface area contributed by atoms with Gasteiger partial charge in [-0.05, 0) is 66.6 Å².